The highest BCUT2D eigenvalue weighted by Gasteiger charge is 2.53. The van der Waals surface area contributed by atoms with Crippen LogP contribution in [0.15, 0.2) is 48.5 Å². The van der Waals surface area contributed by atoms with Crippen LogP contribution in [0.5, 0.6) is 0 Å². The molecule has 1 saturated carbocycles. The molecule has 1 amide bonds. The van der Waals surface area contributed by atoms with E-state index >= 15 is 0 Å². The number of rotatable bonds is 2. The number of aryl methyl sites for hydroxylation is 2. The molecule has 0 N–H and O–H groups in total. The van der Waals surface area contributed by atoms with Gasteiger partial charge in [0.1, 0.15) is 0 Å². The molecule has 1 fully saturated rings. The second-order valence-corrected chi connectivity index (χ2v) is 6.64. The summed E-state index contributed by atoms with van der Waals surface area (Å²) in [6.45, 7) is 2.97. The van der Waals surface area contributed by atoms with Crippen molar-refractivity contribution in [1.29, 1.82) is 0 Å². The van der Waals surface area contributed by atoms with Gasteiger partial charge in [0, 0.05) is 12.2 Å². The SMILES string of the molecule is Cc1ccc2c(c1)CCCN2C(=O)C1(c2ccccc2)CC1. The minimum absolute atomic E-state index is 0.263. The molecule has 2 aromatic carbocycles. The zero-order valence-corrected chi connectivity index (χ0v) is 13.0. The highest BCUT2D eigenvalue weighted by Crippen LogP contribution is 2.50. The molecule has 2 aromatic rings. The Labute approximate surface area is 131 Å². The van der Waals surface area contributed by atoms with Crippen molar-refractivity contribution in [2.75, 3.05) is 11.4 Å². The third-order valence-electron chi connectivity index (χ3n) is 5.08. The molecule has 4 rings (SSSR count). The lowest BCUT2D eigenvalue weighted by molar-refractivity contribution is -0.121. The van der Waals surface area contributed by atoms with Crippen LogP contribution in [0.1, 0.15) is 36.0 Å². The fourth-order valence-electron chi connectivity index (χ4n) is 3.70. The molecular weight excluding hydrogens is 270 g/mol. The van der Waals surface area contributed by atoms with E-state index in [2.05, 4.69) is 37.3 Å². The highest BCUT2D eigenvalue weighted by molar-refractivity contribution is 6.04. The zero-order valence-electron chi connectivity index (χ0n) is 13.0. The third kappa shape index (κ3) is 2.06. The van der Waals surface area contributed by atoms with E-state index in [1.807, 2.05) is 23.1 Å². The predicted octanol–water partition coefficient (Wildman–Crippen LogP) is 4.01. The number of amides is 1. The fourth-order valence-corrected chi connectivity index (χ4v) is 3.70. The fraction of sp³-hybridized carbons (Fsp3) is 0.350. The maximum absolute atomic E-state index is 13.3. The molecule has 0 saturated heterocycles. The van der Waals surface area contributed by atoms with Crippen molar-refractivity contribution in [3.05, 3.63) is 65.2 Å². The number of benzene rings is 2. The van der Waals surface area contributed by atoms with Gasteiger partial charge in [-0.25, -0.2) is 0 Å². The summed E-state index contributed by atoms with van der Waals surface area (Å²) >= 11 is 0. The Morgan fingerprint density at radius 2 is 1.86 bits per heavy atom. The Balaban J connectivity index is 1.71. The van der Waals surface area contributed by atoms with Gasteiger partial charge in [-0.3, -0.25) is 4.79 Å². The van der Waals surface area contributed by atoms with Crippen LogP contribution in [-0.4, -0.2) is 12.5 Å². The van der Waals surface area contributed by atoms with Crippen molar-refractivity contribution in [3.63, 3.8) is 0 Å². The van der Waals surface area contributed by atoms with E-state index in [0.717, 1.165) is 37.9 Å². The maximum Gasteiger partial charge on any atom is 0.237 e. The lowest BCUT2D eigenvalue weighted by atomic mass is 9.92. The molecular formula is C20H21NO. The first-order valence-electron chi connectivity index (χ1n) is 8.18. The van der Waals surface area contributed by atoms with Crippen LogP contribution in [0.2, 0.25) is 0 Å². The predicted molar refractivity (Wildman–Crippen MR) is 89.2 cm³/mol. The number of carbonyl (C=O) groups is 1. The van der Waals surface area contributed by atoms with Gasteiger partial charge in [0.2, 0.25) is 5.91 Å². The van der Waals surface area contributed by atoms with Gasteiger partial charge in [0.05, 0.1) is 5.41 Å². The first-order chi connectivity index (χ1) is 10.7. The van der Waals surface area contributed by atoms with Crippen LogP contribution in [0, 0.1) is 6.92 Å². The average Bonchev–Trinajstić information content (AvgIpc) is 3.36. The Kier molecular flexibility index (Phi) is 3.07. The largest absolute Gasteiger partial charge is 0.311 e. The van der Waals surface area contributed by atoms with Gasteiger partial charge in [-0.15, -0.1) is 0 Å². The molecule has 0 bridgehead atoms. The highest BCUT2D eigenvalue weighted by atomic mass is 16.2. The first-order valence-corrected chi connectivity index (χ1v) is 8.18. The Morgan fingerprint density at radius 1 is 1.09 bits per heavy atom. The number of carbonyl (C=O) groups excluding carboxylic acids is 1. The standard InChI is InChI=1S/C20H21NO/c1-15-9-10-18-16(14-15)6-5-13-21(18)19(22)20(11-12-20)17-7-3-2-4-8-17/h2-4,7-10,14H,5-6,11-13H2,1H3. The number of nitrogens with zero attached hydrogens (tertiary/aromatic N) is 1. The molecule has 112 valence electrons. The van der Waals surface area contributed by atoms with Gasteiger partial charge >= 0.3 is 0 Å². The summed E-state index contributed by atoms with van der Waals surface area (Å²) in [6.07, 6.45) is 4.10. The molecule has 1 aliphatic carbocycles. The van der Waals surface area contributed by atoms with Crippen LogP contribution in [0.4, 0.5) is 5.69 Å². The van der Waals surface area contributed by atoms with Gasteiger partial charge < -0.3 is 4.90 Å². The molecule has 2 aliphatic rings. The molecule has 0 unspecified atom stereocenters. The van der Waals surface area contributed by atoms with Crippen molar-refractivity contribution in [2.45, 2.75) is 38.0 Å². The molecule has 1 aliphatic heterocycles. The monoisotopic (exact) mass is 291 g/mol. The summed E-state index contributed by atoms with van der Waals surface area (Å²) in [7, 11) is 0. The van der Waals surface area contributed by atoms with Crippen molar-refractivity contribution in [3.8, 4) is 0 Å². The van der Waals surface area contributed by atoms with Gasteiger partial charge in [-0.1, -0.05) is 48.0 Å². The van der Waals surface area contributed by atoms with Gasteiger partial charge in [-0.05, 0) is 49.8 Å². The summed E-state index contributed by atoms with van der Waals surface area (Å²) < 4.78 is 0. The third-order valence-corrected chi connectivity index (χ3v) is 5.08. The summed E-state index contributed by atoms with van der Waals surface area (Å²) in [5.41, 5.74) is 4.64. The molecule has 0 spiro atoms. The Hall–Kier alpha value is -2.09. The van der Waals surface area contributed by atoms with E-state index in [1.165, 1.54) is 16.7 Å². The van der Waals surface area contributed by atoms with E-state index in [-0.39, 0.29) is 5.41 Å². The van der Waals surface area contributed by atoms with E-state index in [1.54, 1.807) is 0 Å². The van der Waals surface area contributed by atoms with Crippen molar-refractivity contribution in [2.24, 2.45) is 0 Å². The van der Waals surface area contributed by atoms with Crippen LogP contribution in [0.3, 0.4) is 0 Å². The lowest BCUT2D eigenvalue weighted by Gasteiger charge is -2.33. The van der Waals surface area contributed by atoms with Crippen molar-refractivity contribution < 1.29 is 4.79 Å². The lowest BCUT2D eigenvalue weighted by Crippen LogP contribution is -2.42. The summed E-state index contributed by atoms with van der Waals surface area (Å²) in [5, 5.41) is 0. The second kappa shape index (κ2) is 4.98. The van der Waals surface area contributed by atoms with Crippen LogP contribution in [0.25, 0.3) is 0 Å². The summed E-state index contributed by atoms with van der Waals surface area (Å²) in [6, 6.07) is 16.8. The summed E-state index contributed by atoms with van der Waals surface area (Å²) in [5.74, 6) is 0.295. The van der Waals surface area contributed by atoms with Crippen LogP contribution in [-0.2, 0) is 16.6 Å². The van der Waals surface area contributed by atoms with E-state index in [9.17, 15) is 4.79 Å². The smallest absolute Gasteiger partial charge is 0.237 e. The Bertz CT molecular complexity index is 716. The van der Waals surface area contributed by atoms with E-state index in [4.69, 9.17) is 0 Å². The van der Waals surface area contributed by atoms with Gasteiger partial charge in [-0.2, -0.15) is 0 Å². The van der Waals surface area contributed by atoms with Crippen molar-refractivity contribution >= 4 is 11.6 Å². The minimum Gasteiger partial charge on any atom is -0.311 e. The molecule has 0 aromatic heterocycles. The maximum atomic E-state index is 13.3. The number of fused-ring (bicyclic) bond motifs is 1. The van der Waals surface area contributed by atoms with Crippen LogP contribution < -0.4 is 4.90 Å². The molecule has 2 nitrogen and oxygen atoms in total. The normalized spacial score (nSPS) is 18.7. The molecule has 1 heterocycles. The topological polar surface area (TPSA) is 20.3 Å². The van der Waals surface area contributed by atoms with Gasteiger partial charge in [0.15, 0.2) is 0 Å². The minimum atomic E-state index is -0.263. The van der Waals surface area contributed by atoms with Crippen LogP contribution >= 0.6 is 0 Å². The average molecular weight is 291 g/mol. The first kappa shape index (κ1) is 13.6. The zero-order chi connectivity index (χ0) is 15.2. The Morgan fingerprint density at radius 3 is 2.59 bits per heavy atom. The van der Waals surface area contributed by atoms with Gasteiger partial charge in [0.25, 0.3) is 0 Å². The van der Waals surface area contributed by atoms with E-state index in [0.29, 0.717) is 5.91 Å². The number of hydrogen-bond acceptors (Lipinski definition) is 1. The number of anilines is 1. The van der Waals surface area contributed by atoms with E-state index < -0.39 is 0 Å². The quantitative estimate of drug-likeness (QED) is 0.819. The second-order valence-electron chi connectivity index (χ2n) is 6.64. The molecule has 22 heavy (non-hydrogen) atoms. The molecule has 0 radical (unpaired) electrons. The van der Waals surface area contributed by atoms with Crippen molar-refractivity contribution in [1.82, 2.24) is 0 Å². The number of hydrogen-bond donors (Lipinski definition) is 0. The molecule has 2 heteroatoms. The molecule has 0 atom stereocenters. The summed E-state index contributed by atoms with van der Waals surface area (Å²) in [4.78, 5) is 15.3.